The summed E-state index contributed by atoms with van der Waals surface area (Å²) in [5.74, 6) is 0.0766. The Kier molecular flexibility index (Phi) is 8.38. The molecule has 3 aromatic carbocycles. The van der Waals surface area contributed by atoms with Gasteiger partial charge in [-0.15, -0.1) is 0 Å². The standard InChI is InChI=1S/C33H34O/c1-7-30-23(3)14-16-25(5)32(30)20-18-28(27-12-10-9-11-13-27)22-29(34)19-21-33-26(6)17-15-24(4)31(33)8-2/h7-21,28H,1-2,22H2,3-6H3/b20-18+,21-19+. The highest BCUT2D eigenvalue weighted by molar-refractivity contribution is 5.95. The zero-order valence-corrected chi connectivity index (χ0v) is 20.8. The van der Waals surface area contributed by atoms with Crippen LogP contribution >= 0.6 is 0 Å². The summed E-state index contributed by atoms with van der Waals surface area (Å²) < 4.78 is 0. The third-order valence-corrected chi connectivity index (χ3v) is 6.43. The van der Waals surface area contributed by atoms with E-state index in [1.807, 2.05) is 36.4 Å². The SMILES string of the molecule is C=Cc1c(C)ccc(C)c1/C=C/C(=O)CC(/C=C/c1c(C)ccc(C)c1C=C)c1ccccc1. The van der Waals surface area contributed by atoms with E-state index in [9.17, 15) is 4.79 Å². The predicted octanol–water partition coefficient (Wildman–Crippen LogP) is 8.68. The van der Waals surface area contributed by atoms with E-state index in [1.165, 1.54) is 11.1 Å². The zero-order chi connectivity index (χ0) is 24.7. The number of ketones is 1. The fourth-order valence-corrected chi connectivity index (χ4v) is 4.36. The fraction of sp³-hybridized carbons (Fsp3) is 0.182. The van der Waals surface area contributed by atoms with Crippen LogP contribution in [0.4, 0.5) is 0 Å². The van der Waals surface area contributed by atoms with Gasteiger partial charge in [0.2, 0.25) is 0 Å². The van der Waals surface area contributed by atoms with Crippen LogP contribution in [0.5, 0.6) is 0 Å². The van der Waals surface area contributed by atoms with E-state index in [0.29, 0.717) is 6.42 Å². The summed E-state index contributed by atoms with van der Waals surface area (Å²) >= 11 is 0. The second-order valence-corrected chi connectivity index (χ2v) is 8.84. The molecule has 0 spiro atoms. The van der Waals surface area contributed by atoms with Crippen LogP contribution in [0.25, 0.3) is 24.3 Å². The van der Waals surface area contributed by atoms with Crippen LogP contribution in [0.2, 0.25) is 0 Å². The highest BCUT2D eigenvalue weighted by Gasteiger charge is 2.13. The van der Waals surface area contributed by atoms with Crippen LogP contribution in [-0.4, -0.2) is 5.78 Å². The molecule has 0 N–H and O–H groups in total. The maximum absolute atomic E-state index is 13.1. The molecule has 1 unspecified atom stereocenters. The molecule has 0 saturated carbocycles. The van der Waals surface area contributed by atoms with Crippen LogP contribution in [0, 0.1) is 27.7 Å². The number of hydrogen-bond donors (Lipinski definition) is 0. The molecular weight excluding hydrogens is 412 g/mol. The van der Waals surface area contributed by atoms with Gasteiger partial charge in [0, 0.05) is 12.3 Å². The van der Waals surface area contributed by atoms with Crippen molar-refractivity contribution in [2.45, 2.75) is 40.0 Å². The number of carbonyl (C=O) groups excluding carboxylic acids is 1. The van der Waals surface area contributed by atoms with Crippen molar-refractivity contribution in [2.75, 3.05) is 0 Å². The molecule has 172 valence electrons. The van der Waals surface area contributed by atoms with Gasteiger partial charge < -0.3 is 0 Å². The molecule has 0 saturated heterocycles. The van der Waals surface area contributed by atoms with E-state index < -0.39 is 0 Å². The van der Waals surface area contributed by atoms with Gasteiger partial charge in [-0.3, -0.25) is 4.79 Å². The third-order valence-electron chi connectivity index (χ3n) is 6.43. The number of benzene rings is 3. The van der Waals surface area contributed by atoms with Gasteiger partial charge in [-0.2, -0.15) is 0 Å². The second-order valence-electron chi connectivity index (χ2n) is 8.84. The normalized spacial score (nSPS) is 12.2. The first-order valence-electron chi connectivity index (χ1n) is 11.7. The third kappa shape index (κ3) is 5.80. The minimum absolute atomic E-state index is 0.0200. The highest BCUT2D eigenvalue weighted by Crippen LogP contribution is 2.27. The summed E-state index contributed by atoms with van der Waals surface area (Å²) in [6.07, 6.45) is 12.1. The second kappa shape index (κ2) is 11.4. The Bertz CT molecular complexity index is 1260. The lowest BCUT2D eigenvalue weighted by molar-refractivity contribution is -0.114. The van der Waals surface area contributed by atoms with Crippen LogP contribution in [0.15, 0.2) is 79.9 Å². The first kappa shape index (κ1) is 24.9. The topological polar surface area (TPSA) is 17.1 Å². The molecule has 0 aliphatic heterocycles. The maximum atomic E-state index is 13.1. The Morgan fingerprint density at radius 2 is 1.18 bits per heavy atom. The van der Waals surface area contributed by atoms with Gasteiger partial charge in [0.25, 0.3) is 0 Å². The van der Waals surface area contributed by atoms with Gasteiger partial charge in [0.05, 0.1) is 0 Å². The van der Waals surface area contributed by atoms with E-state index >= 15 is 0 Å². The van der Waals surface area contributed by atoms with Crippen molar-refractivity contribution in [2.24, 2.45) is 0 Å². The van der Waals surface area contributed by atoms with Crippen molar-refractivity contribution < 1.29 is 4.79 Å². The van der Waals surface area contributed by atoms with E-state index in [-0.39, 0.29) is 11.7 Å². The minimum Gasteiger partial charge on any atom is -0.295 e. The largest absolute Gasteiger partial charge is 0.295 e. The molecule has 0 radical (unpaired) electrons. The molecule has 0 aromatic heterocycles. The Balaban J connectivity index is 1.92. The van der Waals surface area contributed by atoms with Gasteiger partial charge in [-0.1, -0.05) is 98.1 Å². The summed E-state index contributed by atoms with van der Waals surface area (Å²) in [5.41, 5.74) is 10.2. The number of hydrogen-bond acceptors (Lipinski definition) is 1. The lowest BCUT2D eigenvalue weighted by atomic mass is 9.90. The van der Waals surface area contributed by atoms with E-state index in [4.69, 9.17) is 0 Å². The summed E-state index contributed by atoms with van der Waals surface area (Å²) in [4.78, 5) is 13.1. The number of carbonyl (C=O) groups is 1. The molecule has 0 aliphatic carbocycles. The zero-order valence-electron chi connectivity index (χ0n) is 20.8. The van der Waals surface area contributed by atoms with Crippen molar-refractivity contribution in [1.82, 2.24) is 0 Å². The van der Waals surface area contributed by atoms with Crippen LogP contribution in [0.1, 0.15) is 62.4 Å². The minimum atomic E-state index is -0.0200. The predicted molar refractivity (Wildman–Crippen MR) is 149 cm³/mol. The lowest BCUT2D eigenvalue weighted by Gasteiger charge is -2.14. The van der Waals surface area contributed by atoms with Crippen molar-refractivity contribution in [3.05, 3.63) is 130 Å². The molecule has 0 heterocycles. The van der Waals surface area contributed by atoms with E-state index in [0.717, 1.165) is 38.9 Å². The monoisotopic (exact) mass is 446 g/mol. The van der Waals surface area contributed by atoms with Crippen molar-refractivity contribution >= 4 is 30.1 Å². The first-order valence-corrected chi connectivity index (χ1v) is 11.7. The Labute approximate surface area is 204 Å². The molecule has 1 nitrogen and oxygen atoms in total. The van der Waals surface area contributed by atoms with Gasteiger partial charge >= 0.3 is 0 Å². The molecule has 0 bridgehead atoms. The van der Waals surface area contributed by atoms with Crippen molar-refractivity contribution in [1.29, 1.82) is 0 Å². The quantitative estimate of drug-likeness (QED) is 0.300. The smallest absolute Gasteiger partial charge is 0.156 e. The van der Waals surface area contributed by atoms with E-state index in [2.05, 4.69) is 89.4 Å². The summed E-state index contributed by atoms with van der Waals surface area (Å²) in [5, 5.41) is 0. The average molecular weight is 447 g/mol. The number of aryl methyl sites for hydroxylation is 4. The van der Waals surface area contributed by atoms with Crippen LogP contribution in [0.3, 0.4) is 0 Å². The molecule has 0 amide bonds. The molecule has 34 heavy (non-hydrogen) atoms. The van der Waals surface area contributed by atoms with Crippen molar-refractivity contribution in [3.63, 3.8) is 0 Å². The van der Waals surface area contributed by atoms with Gasteiger partial charge in [0.1, 0.15) is 0 Å². The van der Waals surface area contributed by atoms with Crippen LogP contribution < -0.4 is 0 Å². The summed E-state index contributed by atoms with van der Waals surface area (Å²) in [6.45, 7) is 16.3. The first-order chi connectivity index (χ1) is 16.3. The molecular formula is C33H34O. The summed E-state index contributed by atoms with van der Waals surface area (Å²) in [7, 11) is 0. The molecule has 1 heteroatoms. The molecule has 3 rings (SSSR count). The molecule has 0 aliphatic rings. The lowest BCUT2D eigenvalue weighted by Crippen LogP contribution is -2.03. The Morgan fingerprint density at radius 3 is 1.68 bits per heavy atom. The maximum Gasteiger partial charge on any atom is 0.156 e. The highest BCUT2D eigenvalue weighted by atomic mass is 16.1. The van der Waals surface area contributed by atoms with Gasteiger partial charge in [0.15, 0.2) is 5.78 Å². The van der Waals surface area contributed by atoms with Crippen molar-refractivity contribution in [3.8, 4) is 0 Å². The van der Waals surface area contributed by atoms with Gasteiger partial charge in [-0.05, 0) is 83.8 Å². The number of allylic oxidation sites excluding steroid dienone is 2. The number of rotatable bonds is 9. The Morgan fingerprint density at radius 1 is 0.706 bits per heavy atom. The Hall–Kier alpha value is -3.71. The fourth-order valence-electron chi connectivity index (χ4n) is 4.36. The molecule has 1 atom stereocenters. The molecule has 0 fully saturated rings. The average Bonchev–Trinajstić information content (AvgIpc) is 2.84. The van der Waals surface area contributed by atoms with Gasteiger partial charge in [-0.25, -0.2) is 0 Å². The van der Waals surface area contributed by atoms with E-state index in [1.54, 1.807) is 6.08 Å². The van der Waals surface area contributed by atoms with Crippen LogP contribution in [-0.2, 0) is 4.79 Å². The molecule has 3 aromatic rings. The summed E-state index contributed by atoms with van der Waals surface area (Å²) in [6, 6.07) is 18.7.